The number of alkyl halides is 3. The number of piperidine rings is 1. The minimum atomic E-state index is -4.71. The number of hydrogen-bond acceptors (Lipinski definition) is 3. The molecular formula is C13H17Cl2F3N2O2S. The van der Waals surface area contributed by atoms with Crippen LogP contribution in [0.5, 0.6) is 0 Å². The van der Waals surface area contributed by atoms with Crippen molar-refractivity contribution in [2.24, 2.45) is 0 Å². The molecule has 0 aromatic heterocycles. The van der Waals surface area contributed by atoms with Gasteiger partial charge in [0, 0.05) is 12.1 Å². The molecule has 1 fully saturated rings. The molecule has 23 heavy (non-hydrogen) atoms. The molecule has 1 aliphatic heterocycles. The topological polar surface area (TPSA) is 58.2 Å². The summed E-state index contributed by atoms with van der Waals surface area (Å²) in [5, 5.41) is 2.59. The summed E-state index contributed by atoms with van der Waals surface area (Å²) >= 11 is 5.50. The van der Waals surface area contributed by atoms with Gasteiger partial charge in [0.2, 0.25) is 10.0 Å². The molecule has 0 bridgehead atoms. The van der Waals surface area contributed by atoms with Crippen LogP contribution in [-0.4, -0.2) is 27.0 Å². The highest BCUT2D eigenvalue weighted by molar-refractivity contribution is 7.89. The summed E-state index contributed by atoms with van der Waals surface area (Å²) in [7, 11) is -4.04. The van der Waals surface area contributed by atoms with Gasteiger partial charge in [-0.3, -0.25) is 0 Å². The van der Waals surface area contributed by atoms with E-state index in [-0.39, 0.29) is 24.5 Å². The summed E-state index contributed by atoms with van der Waals surface area (Å²) in [5.41, 5.74) is -1.16. The lowest BCUT2D eigenvalue weighted by atomic mass is 10.0. The highest BCUT2D eigenvalue weighted by atomic mass is 35.5. The van der Waals surface area contributed by atoms with Crippen molar-refractivity contribution in [3.05, 3.63) is 28.8 Å². The Hall–Kier alpha value is -0.540. The molecule has 132 valence electrons. The number of sulfonamides is 1. The van der Waals surface area contributed by atoms with E-state index in [0.717, 1.165) is 25.1 Å². The average Bonchev–Trinajstić information content (AvgIpc) is 2.40. The molecule has 1 aromatic rings. The summed E-state index contributed by atoms with van der Waals surface area (Å²) in [6.07, 6.45) is -3.28. The summed E-state index contributed by atoms with van der Waals surface area (Å²) in [6.45, 7) is 2.62. The molecule has 2 rings (SSSR count). The van der Waals surface area contributed by atoms with Gasteiger partial charge in [-0.25, -0.2) is 13.1 Å². The van der Waals surface area contributed by atoms with Gasteiger partial charge in [0.1, 0.15) is 0 Å². The number of halogens is 5. The smallest absolute Gasteiger partial charge is 0.313 e. The van der Waals surface area contributed by atoms with E-state index < -0.39 is 31.7 Å². The molecule has 1 saturated heterocycles. The van der Waals surface area contributed by atoms with Crippen molar-refractivity contribution >= 4 is 34.0 Å². The van der Waals surface area contributed by atoms with Gasteiger partial charge in [0.25, 0.3) is 0 Å². The fourth-order valence-corrected chi connectivity index (χ4v) is 3.96. The minimum absolute atomic E-state index is 0. The van der Waals surface area contributed by atoms with Crippen LogP contribution in [-0.2, 0) is 16.2 Å². The SMILES string of the molecule is CC1NCCCC1NS(=O)(=O)c1ccc(Cl)c(C(F)(F)F)c1.Cl. The molecule has 1 heterocycles. The maximum absolute atomic E-state index is 12.8. The third-order valence-electron chi connectivity index (χ3n) is 3.62. The van der Waals surface area contributed by atoms with Gasteiger partial charge in [-0.05, 0) is 44.5 Å². The van der Waals surface area contributed by atoms with Gasteiger partial charge in [-0.1, -0.05) is 11.6 Å². The van der Waals surface area contributed by atoms with Crippen molar-refractivity contribution in [3.63, 3.8) is 0 Å². The van der Waals surface area contributed by atoms with Crippen LogP contribution < -0.4 is 10.0 Å². The molecular weight excluding hydrogens is 376 g/mol. The summed E-state index contributed by atoms with van der Waals surface area (Å²) in [6, 6.07) is 2.13. The van der Waals surface area contributed by atoms with Crippen molar-refractivity contribution in [2.45, 2.75) is 42.9 Å². The Kier molecular flexibility index (Phi) is 6.74. The monoisotopic (exact) mass is 392 g/mol. The Bertz CT molecular complexity index is 653. The van der Waals surface area contributed by atoms with Crippen molar-refractivity contribution in [3.8, 4) is 0 Å². The number of nitrogens with one attached hydrogen (secondary N) is 2. The predicted octanol–water partition coefficient (Wildman–Crippen LogP) is 3.20. The number of hydrogen-bond donors (Lipinski definition) is 2. The van der Waals surface area contributed by atoms with Crippen molar-refractivity contribution in [2.75, 3.05) is 6.54 Å². The second kappa shape index (κ2) is 7.57. The lowest BCUT2D eigenvalue weighted by molar-refractivity contribution is -0.137. The number of rotatable bonds is 3. The zero-order valence-corrected chi connectivity index (χ0v) is 14.5. The van der Waals surface area contributed by atoms with E-state index in [4.69, 9.17) is 11.6 Å². The van der Waals surface area contributed by atoms with Gasteiger partial charge in [-0.2, -0.15) is 13.2 Å². The van der Waals surface area contributed by atoms with Crippen LogP contribution in [0, 0.1) is 0 Å². The first-order valence-electron chi connectivity index (χ1n) is 6.74. The van der Waals surface area contributed by atoms with E-state index in [9.17, 15) is 21.6 Å². The van der Waals surface area contributed by atoms with Crippen molar-refractivity contribution < 1.29 is 21.6 Å². The van der Waals surface area contributed by atoms with Crippen LogP contribution in [0.15, 0.2) is 23.1 Å². The van der Waals surface area contributed by atoms with E-state index in [1.807, 2.05) is 6.92 Å². The Balaban J connectivity index is 0.00000264. The fourth-order valence-electron chi connectivity index (χ4n) is 2.36. The highest BCUT2D eigenvalue weighted by Crippen LogP contribution is 2.36. The third kappa shape index (κ3) is 4.96. The van der Waals surface area contributed by atoms with Gasteiger partial charge in [0.15, 0.2) is 0 Å². The van der Waals surface area contributed by atoms with Gasteiger partial charge in [0.05, 0.1) is 15.5 Å². The third-order valence-corrected chi connectivity index (χ3v) is 5.44. The van der Waals surface area contributed by atoms with Crippen LogP contribution in [0.1, 0.15) is 25.3 Å². The molecule has 1 aromatic carbocycles. The van der Waals surface area contributed by atoms with E-state index in [1.165, 1.54) is 0 Å². The van der Waals surface area contributed by atoms with Crippen LogP contribution in [0.25, 0.3) is 0 Å². The second-order valence-electron chi connectivity index (χ2n) is 5.25. The molecule has 10 heteroatoms. The fraction of sp³-hybridized carbons (Fsp3) is 0.538. The first kappa shape index (κ1) is 20.5. The average molecular weight is 393 g/mol. The zero-order valence-electron chi connectivity index (χ0n) is 12.2. The molecule has 2 N–H and O–H groups in total. The lowest BCUT2D eigenvalue weighted by Gasteiger charge is -2.30. The van der Waals surface area contributed by atoms with Gasteiger partial charge < -0.3 is 5.32 Å². The highest BCUT2D eigenvalue weighted by Gasteiger charge is 2.35. The molecule has 4 nitrogen and oxygen atoms in total. The largest absolute Gasteiger partial charge is 0.417 e. The predicted molar refractivity (Wildman–Crippen MR) is 84.5 cm³/mol. The maximum atomic E-state index is 12.8. The van der Waals surface area contributed by atoms with E-state index in [1.54, 1.807) is 0 Å². The normalized spacial score (nSPS) is 22.5. The van der Waals surface area contributed by atoms with Gasteiger partial charge in [-0.15, -0.1) is 12.4 Å². The quantitative estimate of drug-likeness (QED) is 0.830. The molecule has 0 amide bonds. The number of benzene rings is 1. The Morgan fingerprint density at radius 2 is 2.00 bits per heavy atom. The molecule has 0 radical (unpaired) electrons. The Morgan fingerprint density at radius 1 is 1.35 bits per heavy atom. The van der Waals surface area contributed by atoms with Gasteiger partial charge >= 0.3 is 6.18 Å². The van der Waals surface area contributed by atoms with Crippen LogP contribution in [0.4, 0.5) is 13.2 Å². The summed E-state index contributed by atoms with van der Waals surface area (Å²) in [5.74, 6) is 0. The van der Waals surface area contributed by atoms with Crippen LogP contribution in [0.3, 0.4) is 0 Å². The minimum Gasteiger partial charge on any atom is -0.313 e. The molecule has 1 aliphatic rings. The lowest BCUT2D eigenvalue weighted by Crippen LogP contribution is -2.51. The van der Waals surface area contributed by atoms with Crippen LogP contribution in [0.2, 0.25) is 5.02 Å². The second-order valence-corrected chi connectivity index (χ2v) is 7.37. The molecule has 2 unspecified atom stereocenters. The Labute approximate surface area is 144 Å². The van der Waals surface area contributed by atoms with E-state index in [0.29, 0.717) is 12.5 Å². The van der Waals surface area contributed by atoms with E-state index >= 15 is 0 Å². The van der Waals surface area contributed by atoms with Crippen LogP contribution >= 0.6 is 24.0 Å². The van der Waals surface area contributed by atoms with E-state index in [2.05, 4.69) is 10.0 Å². The first-order chi connectivity index (χ1) is 10.1. The Morgan fingerprint density at radius 3 is 2.57 bits per heavy atom. The van der Waals surface area contributed by atoms with Crippen molar-refractivity contribution in [1.29, 1.82) is 0 Å². The summed E-state index contributed by atoms with van der Waals surface area (Å²) in [4.78, 5) is -0.443. The molecule has 0 saturated carbocycles. The first-order valence-corrected chi connectivity index (χ1v) is 8.60. The summed E-state index contributed by atoms with van der Waals surface area (Å²) < 4.78 is 65.5. The molecule has 2 atom stereocenters. The standard InChI is InChI=1S/C13H16ClF3N2O2S.ClH/c1-8-12(3-2-6-18-8)19-22(20,21)9-4-5-11(14)10(7-9)13(15,16)17;/h4-5,7-8,12,18-19H,2-3,6H2,1H3;1H. The molecule has 0 spiro atoms. The molecule has 0 aliphatic carbocycles. The van der Waals surface area contributed by atoms with Crippen molar-refractivity contribution in [1.82, 2.24) is 10.0 Å². The maximum Gasteiger partial charge on any atom is 0.417 e. The zero-order chi connectivity index (χ0) is 16.5.